The molecule has 0 spiro atoms. The summed E-state index contributed by atoms with van der Waals surface area (Å²) in [4.78, 5) is 47.2. The molecule has 2 heterocycles. The highest BCUT2D eigenvalue weighted by molar-refractivity contribution is 7.90. The minimum absolute atomic E-state index is 0.000110. The van der Waals surface area contributed by atoms with E-state index in [0.717, 1.165) is 5.56 Å². The summed E-state index contributed by atoms with van der Waals surface area (Å²) in [6.45, 7) is 8.93. The second kappa shape index (κ2) is 13.7. The molecule has 0 unspecified atom stereocenters. The van der Waals surface area contributed by atoms with Crippen LogP contribution >= 0.6 is 0 Å². The van der Waals surface area contributed by atoms with Crippen molar-refractivity contribution in [1.29, 1.82) is 0 Å². The van der Waals surface area contributed by atoms with Gasteiger partial charge in [-0.3, -0.25) is 14.5 Å². The van der Waals surface area contributed by atoms with E-state index in [0.29, 0.717) is 28.1 Å². The molecule has 2 N–H and O–H groups in total. The van der Waals surface area contributed by atoms with Crippen molar-refractivity contribution in [3.8, 4) is 22.8 Å². The molecule has 3 aromatic carbocycles. The maximum absolute atomic E-state index is 14.1. The van der Waals surface area contributed by atoms with Crippen LogP contribution in [0.25, 0.3) is 22.2 Å². The van der Waals surface area contributed by atoms with Crippen LogP contribution in [0.15, 0.2) is 102 Å². The second-order valence-corrected chi connectivity index (χ2v) is 15.3. The number of carbonyl (C=O) groups excluding carboxylic acids is 3. The smallest absolute Gasteiger partial charge is 0.411 e. The van der Waals surface area contributed by atoms with Crippen molar-refractivity contribution in [3.63, 3.8) is 0 Å². The standard InChI is InChI=1S/C38H40N4O8S/c1-6-25-22-38(25,35(44)41-51(46,47)28-15-11-8-12-16-28)40-34(43)32-20-27(23-42(32)36(45)50-37(2,3)4)49-33-21-30(24-13-9-7-10-14-24)39-31-19-26(48-5)17-18-29(31)33/h6-19,21,25,27,32H,1,20,22-23H2,2-5H3,(H,40,43)(H,41,44)/t25-,27-,32+,38-/m1/s1. The van der Waals surface area contributed by atoms with Gasteiger partial charge in [0, 0.05) is 35.4 Å². The van der Waals surface area contributed by atoms with E-state index in [1.165, 1.54) is 35.2 Å². The van der Waals surface area contributed by atoms with Gasteiger partial charge in [-0.1, -0.05) is 54.6 Å². The summed E-state index contributed by atoms with van der Waals surface area (Å²) in [5.74, 6) is -0.975. The first kappa shape index (κ1) is 35.4. The molecular weight excluding hydrogens is 673 g/mol. The minimum atomic E-state index is -4.23. The number of benzene rings is 3. The molecule has 12 nitrogen and oxygen atoms in total. The average Bonchev–Trinajstić information content (AvgIpc) is 3.66. The topological polar surface area (TPSA) is 153 Å². The van der Waals surface area contributed by atoms with Gasteiger partial charge in [0.05, 0.1) is 29.8 Å². The number of amides is 3. The molecule has 1 aliphatic carbocycles. The van der Waals surface area contributed by atoms with Gasteiger partial charge >= 0.3 is 6.09 Å². The van der Waals surface area contributed by atoms with E-state index in [9.17, 15) is 22.8 Å². The Morgan fingerprint density at radius 3 is 2.31 bits per heavy atom. The Bertz CT molecular complexity index is 2090. The Kier molecular flexibility index (Phi) is 9.51. The van der Waals surface area contributed by atoms with Crippen molar-refractivity contribution in [2.24, 2.45) is 5.92 Å². The fourth-order valence-electron chi connectivity index (χ4n) is 6.20. The third kappa shape index (κ3) is 7.53. The maximum atomic E-state index is 14.1. The highest BCUT2D eigenvalue weighted by Crippen LogP contribution is 2.45. The molecule has 1 aliphatic heterocycles. The lowest BCUT2D eigenvalue weighted by Gasteiger charge is -2.29. The number of fused-ring (bicyclic) bond motifs is 1. The summed E-state index contributed by atoms with van der Waals surface area (Å²) in [5.41, 5.74) is -0.288. The number of pyridine rings is 1. The SMILES string of the molecule is C=C[C@@H]1C[C@]1(NC(=O)[C@@H]1C[C@@H](Oc2cc(-c3ccccc3)nc3cc(OC)ccc23)CN1C(=O)OC(C)(C)C)C(=O)NS(=O)(=O)c1ccccc1. The summed E-state index contributed by atoms with van der Waals surface area (Å²) < 4.78 is 45.8. The number of carbonyl (C=O) groups is 3. The Labute approximate surface area is 296 Å². The first-order valence-corrected chi connectivity index (χ1v) is 18.0. The highest BCUT2D eigenvalue weighted by atomic mass is 32.2. The molecule has 13 heteroatoms. The van der Waals surface area contributed by atoms with Crippen molar-refractivity contribution in [3.05, 3.63) is 97.6 Å². The van der Waals surface area contributed by atoms with Crippen molar-refractivity contribution in [1.82, 2.24) is 19.9 Å². The molecule has 2 aliphatic rings. The van der Waals surface area contributed by atoms with Gasteiger partial charge < -0.3 is 19.5 Å². The zero-order valence-corrected chi connectivity index (χ0v) is 29.6. The van der Waals surface area contributed by atoms with Gasteiger partial charge in [-0.05, 0) is 51.5 Å². The summed E-state index contributed by atoms with van der Waals surface area (Å²) in [7, 11) is -2.65. The molecule has 1 saturated heterocycles. The molecule has 2 fully saturated rings. The zero-order chi connectivity index (χ0) is 36.6. The van der Waals surface area contributed by atoms with Crippen LogP contribution in [-0.2, 0) is 24.3 Å². The van der Waals surface area contributed by atoms with Crippen LogP contribution in [0.1, 0.15) is 33.6 Å². The highest BCUT2D eigenvalue weighted by Gasteiger charge is 2.61. The molecule has 0 bridgehead atoms. The monoisotopic (exact) mass is 712 g/mol. The van der Waals surface area contributed by atoms with E-state index in [2.05, 4.69) is 16.6 Å². The fraction of sp³-hybridized carbons (Fsp3) is 0.316. The number of nitrogens with zero attached hydrogens (tertiary/aromatic N) is 2. The van der Waals surface area contributed by atoms with Gasteiger partial charge in [0.15, 0.2) is 0 Å². The average molecular weight is 713 g/mol. The molecule has 51 heavy (non-hydrogen) atoms. The van der Waals surface area contributed by atoms with Crippen LogP contribution in [0.3, 0.4) is 0 Å². The van der Waals surface area contributed by atoms with E-state index in [1.807, 2.05) is 42.5 Å². The molecule has 1 aromatic heterocycles. The van der Waals surface area contributed by atoms with Crippen LogP contribution in [0.5, 0.6) is 11.5 Å². The van der Waals surface area contributed by atoms with E-state index in [4.69, 9.17) is 19.2 Å². The number of aromatic nitrogens is 1. The zero-order valence-electron chi connectivity index (χ0n) is 28.8. The van der Waals surface area contributed by atoms with E-state index in [1.54, 1.807) is 46.1 Å². The fourth-order valence-corrected chi connectivity index (χ4v) is 7.26. The Balaban J connectivity index is 1.29. The summed E-state index contributed by atoms with van der Waals surface area (Å²) in [5, 5.41) is 3.48. The second-order valence-electron chi connectivity index (χ2n) is 13.6. The predicted octanol–water partition coefficient (Wildman–Crippen LogP) is 5.23. The summed E-state index contributed by atoms with van der Waals surface area (Å²) in [6.07, 6.45) is 0.289. The normalized spacial score (nSPS) is 21.4. The molecular formula is C38H40N4O8S. The molecule has 4 aromatic rings. The molecule has 4 atom stereocenters. The van der Waals surface area contributed by atoms with Crippen molar-refractivity contribution in [2.45, 2.75) is 61.8 Å². The lowest BCUT2D eigenvalue weighted by atomic mass is 10.1. The van der Waals surface area contributed by atoms with Crippen molar-refractivity contribution < 1.29 is 37.0 Å². The van der Waals surface area contributed by atoms with Gasteiger partial charge in [0.25, 0.3) is 15.9 Å². The molecule has 1 saturated carbocycles. The van der Waals surface area contributed by atoms with Gasteiger partial charge in [0.1, 0.15) is 34.8 Å². The van der Waals surface area contributed by atoms with Gasteiger partial charge in [-0.15, -0.1) is 6.58 Å². The lowest BCUT2D eigenvalue weighted by molar-refractivity contribution is -0.131. The third-order valence-electron chi connectivity index (χ3n) is 8.87. The number of ether oxygens (including phenoxy) is 3. The Morgan fingerprint density at radius 1 is 1.00 bits per heavy atom. The maximum Gasteiger partial charge on any atom is 0.411 e. The molecule has 3 amide bonds. The number of likely N-dealkylation sites (tertiary alicyclic amines) is 1. The lowest BCUT2D eigenvalue weighted by Crippen LogP contribution is -2.56. The van der Waals surface area contributed by atoms with E-state index in [-0.39, 0.29) is 24.3 Å². The number of hydrogen-bond donors (Lipinski definition) is 2. The van der Waals surface area contributed by atoms with Crippen LogP contribution in [-0.4, -0.2) is 73.1 Å². The quantitative estimate of drug-likeness (QED) is 0.211. The third-order valence-corrected chi connectivity index (χ3v) is 10.2. The number of methoxy groups -OCH3 is 1. The number of hydrogen-bond acceptors (Lipinski definition) is 9. The van der Waals surface area contributed by atoms with Gasteiger partial charge in [-0.2, -0.15) is 0 Å². The Hall–Kier alpha value is -5.43. The van der Waals surface area contributed by atoms with E-state index >= 15 is 0 Å². The summed E-state index contributed by atoms with van der Waals surface area (Å²) >= 11 is 0. The molecule has 266 valence electrons. The number of sulfonamides is 1. The van der Waals surface area contributed by atoms with Crippen molar-refractivity contribution in [2.75, 3.05) is 13.7 Å². The Morgan fingerprint density at radius 2 is 1.69 bits per heavy atom. The molecule has 6 rings (SSSR count). The van der Waals surface area contributed by atoms with Crippen molar-refractivity contribution >= 4 is 38.8 Å². The van der Waals surface area contributed by atoms with Crippen LogP contribution in [0.2, 0.25) is 0 Å². The van der Waals surface area contributed by atoms with E-state index < -0.39 is 57.1 Å². The van der Waals surface area contributed by atoms with Crippen LogP contribution in [0.4, 0.5) is 4.79 Å². The minimum Gasteiger partial charge on any atom is -0.497 e. The summed E-state index contributed by atoms with van der Waals surface area (Å²) in [6, 6.07) is 23.2. The van der Waals surface area contributed by atoms with Gasteiger partial charge in [-0.25, -0.2) is 22.9 Å². The first-order valence-electron chi connectivity index (χ1n) is 16.5. The predicted molar refractivity (Wildman–Crippen MR) is 190 cm³/mol. The largest absolute Gasteiger partial charge is 0.497 e. The molecule has 0 radical (unpaired) electrons. The first-order chi connectivity index (χ1) is 24.2. The van der Waals surface area contributed by atoms with Crippen LogP contribution < -0.4 is 19.5 Å². The number of rotatable bonds is 10. The van der Waals surface area contributed by atoms with Gasteiger partial charge in [0.2, 0.25) is 5.91 Å². The number of nitrogens with one attached hydrogen (secondary N) is 2. The van der Waals surface area contributed by atoms with Crippen LogP contribution in [0, 0.1) is 5.92 Å².